The average Bonchev–Trinajstić information content (AvgIpc) is 3.16. The van der Waals surface area contributed by atoms with Crippen LogP contribution in [0.5, 0.6) is 0 Å². The third-order valence-corrected chi connectivity index (χ3v) is 3.16. The smallest absolute Gasteiger partial charge is 0.253 e. The van der Waals surface area contributed by atoms with Gasteiger partial charge in [-0.1, -0.05) is 6.07 Å². The van der Waals surface area contributed by atoms with Gasteiger partial charge in [0, 0.05) is 24.3 Å². The van der Waals surface area contributed by atoms with Crippen molar-refractivity contribution in [2.75, 3.05) is 13.2 Å². The van der Waals surface area contributed by atoms with Crippen LogP contribution in [-0.2, 0) is 11.3 Å². The summed E-state index contributed by atoms with van der Waals surface area (Å²) in [5, 5.41) is 8.96. The molecule has 1 saturated carbocycles. The highest BCUT2D eigenvalue weighted by atomic mass is 16.3. The van der Waals surface area contributed by atoms with E-state index in [4.69, 9.17) is 5.11 Å². The number of amides is 1. The van der Waals surface area contributed by atoms with Crippen molar-refractivity contribution in [2.24, 2.45) is 0 Å². The molecule has 0 radical (unpaired) electrons. The Balaban J connectivity index is 2.10. The number of aryl methyl sites for hydroxylation is 1. The van der Waals surface area contributed by atoms with Crippen molar-refractivity contribution in [2.45, 2.75) is 32.4 Å². The monoisotopic (exact) mass is 250 g/mol. The summed E-state index contributed by atoms with van der Waals surface area (Å²) in [6.07, 6.45) is 3.61. The summed E-state index contributed by atoms with van der Waals surface area (Å²) in [5.41, 5.74) is 0.496. The third kappa shape index (κ3) is 2.79. The lowest BCUT2D eigenvalue weighted by Crippen LogP contribution is -2.39. The second kappa shape index (κ2) is 5.35. The Bertz CT molecular complexity index is 491. The van der Waals surface area contributed by atoms with Gasteiger partial charge in [-0.15, -0.1) is 0 Å². The molecule has 0 atom stereocenters. The highest BCUT2D eigenvalue weighted by Gasteiger charge is 2.32. The maximum atomic E-state index is 12.1. The number of hydrogen-bond acceptors (Lipinski definition) is 3. The van der Waals surface area contributed by atoms with E-state index >= 15 is 0 Å². The summed E-state index contributed by atoms with van der Waals surface area (Å²) >= 11 is 0. The fourth-order valence-corrected chi connectivity index (χ4v) is 2.02. The molecule has 1 aliphatic carbocycles. The molecule has 0 unspecified atom stereocenters. The predicted octanol–water partition coefficient (Wildman–Crippen LogP) is 0.140. The van der Waals surface area contributed by atoms with E-state index in [0.29, 0.717) is 12.1 Å². The van der Waals surface area contributed by atoms with E-state index in [9.17, 15) is 9.59 Å². The molecule has 98 valence electrons. The average molecular weight is 250 g/mol. The molecule has 5 nitrogen and oxygen atoms in total. The number of aliphatic hydroxyl groups is 1. The van der Waals surface area contributed by atoms with Gasteiger partial charge in [0.05, 0.1) is 6.61 Å². The normalized spacial score (nSPS) is 14.6. The third-order valence-electron chi connectivity index (χ3n) is 3.16. The summed E-state index contributed by atoms with van der Waals surface area (Å²) in [4.78, 5) is 25.6. The Hall–Kier alpha value is -1.62. The quantitative estimate of drug-likeness (QED) is 0.808. The molecule has 0 aromatic carbocycles. The van der Waals surface area contributed by atoms with Crippen LogP contribution in [0.1, 0.15) is 18.4 Å². The number of rotatable bonds is 5. The van der Waals surface area contributed by atoms with Gasteiger partial charge in [-0.3, -0.25) is 9.59 Å². The van der Waals surface area contributed by atoms with Crippen LogP contribution in [0, 0.1) is 6.92 Å². The predicted molar refractivity (Wildman–Crippen MR) is 67.3 cm³/mol. The first kappa shape index (κ1) is 12.8. The van der Waals surface area contributed by atoms with Crippen LogP contribution in [0.2, 0.25) is 0 Å². The summed E-state index contributed by atoms with van der Waals surface area (Å²) in [7, 11) is 0. The van der Waals surface area contributed by atoms with Crippen LogP contribution in [0.25, 0.3) is 0 Å². The van der Waals surface area contributed by atoms with Crippen LogP contribution in [-0.4, -0.2) is 39.7 Å². The first-order valence-corrected chi connectivity index (χ1v) is 6.20. The van der Waals surface area contributed by atoms with Gasteiger partial charge in [0.15, 0.2) is 0 Å². The minimum Gasteiger partial charge on any atom is -0.395 e. The van der Waals surface area contributed by atoms with Crippen LogP contribution in [0.15, 0.2) is 23.1 Å². The number of aliphatic hydroxyl groups excluding tert-OH is 1. The highest BCUT2D eigenvalue weighted by molar-refractivity contribution is 5.76. The van der Waals surface area contributed by atoms with E-state index in [2.05, 4.69) is 0 Å². The molecule has 1 aliphatic rings. The fraction of sp³-hybridized carbons (Fsp3) is 0.538. The van der Waals surface area contributed by atoms with E-state index < -0.39 is 0 Å². The minimum atomic E-state index is -0.134. The Morgan fingerprint density at radius 1 is 1.56 bits per heavy atom. The van der Waals surface area contributed by atoms with Gasteiger partial charge in [0.2, 0.25) is 5.91 Å². The molecule has 1 aromatic heterocycles. The van der Waals surface area contributed by atoms with Gasteiger partial charge >= 0.3 is 0 Å². The fourth-order valence-electron chi connectivity index (χ4n) is 2.02. The lowest BCUT2D eigenvalue weighted by atomic mass is 10.3. The molecule has 0 bridgehead atoms. The summed E-state index contributed by atoms with van der Waals surface area (Å²) in [5.74, 6) is -0.0979. The molecule has 18 heavy (non-hydrogen) atoms. The van der Waals surface area contributed by atoms with Crippen molar-refractivity contribution in [1.82, 2.24) is 9.47 Å². The zero-order valence-electron chi connectivity index (χ0n) is 10.5. The lowest BCUT2D eigenvalue weighted by molar-refractivity contribution is -0.133. The summed E-state index contributed by atoms with van der Waals surface area (Å²) in [6.45, 7) is 2.10. The maximum absolute atomic E-state index is 12.1. The van der Waals surface area contributed by atoms with Crippen molar-refractivity contribution < 1.29 is 9.90 Å². The van der Waals surface area contributed by atoms with E-state index in [0.717, 1.165) is 12.8 Å². The zero-order valence-corrected chi connectivity index (χ0v) is 10.5. The number of pyridine rings is 1. The van der Waals surface area contributed by atoms with Crippen LogP contribution < -0.4 is 5.56 Å². The number of hydrogen-bond donors (Lipinski definition) is 1. The Morgan fingerprint density at radius 3 is 2.89 bits per heavy atom. The Labute approximate surface area is 106 Å². The standard InChI is InChI=1S/C13H18N2O3/c1-10-3-2-6-14(13(10)18)9-12(17)15(7-8-16)11-4-5-11/h2-3,6,11,16H,4-5,7-9H2,1H3. The zero-order chi connectivity index (χ0) is 13.1. The molecule has 1 aromatic rings. The first-order valence-electron chi connectivity index (χ1n) is 6.20. The Kier molecular flexibility index (Phi) is 3.81. The van der Waals surface area contributed by atoms with Crippen molar-refractivity contribution in [3.63, 3.8) is 0 Å². The summed E-state index contributed by atoms with van der Waals surface area (Å²) in [6, 6.07) is 3.75. The molecule has 0 aliphatic heterocycles. The minimum absolute atomic E-state index is 0.0367. The SMILES string of the molecule is Cc1cccn(CC(=O)N(CCO)C2CC2)c1=O. The topological polar surface area (TPSA) is 62.5 Å². The van der Waals surface area contributed by atoms with Gasteiger partial charge < -0.3 is 14.6 Å². The van der Waals surface area contributed by atoms with Crippen molar-refractivity contribution >= 4 is 5.91 Å². The highest BCUT2D eigenvalue weighted by Crippen LogP contribution is 2.26. The van der Waals surface area contributed by atoms with Crippen LogP contribution in [0.3, 0.4) is 0 Å². The molecule has 1 heterocycles. The number of nitrogens with zero attached hydrogens (tertiary/aromatic N) is 2. The number of aromatic nitrogens is 1. The van der Waals surface area contributed by atoms with Gasteiger partial charge in [-0.05, 0) is 25.8 Å². The summed E-state index contributed by atoms with van der Waals surface area (Å²) < 4.78 is 1.42. The molecule has 1 fully saturated rings. The van der Waals surface area contributed by atoms with E-state index in [1.54, 1.807) is 30.2 Å². The largest absolute Gasteiger partial charge is 0.395 e. The van der Waals surface area contributed by atoms with Crippen molar-refractivity contribution in [3.05, 3.63) is 34.2 Å². The molecule has 2 rings (SSSR count). The van der Waals surface area contributed by atoms with Gasteiger partial charge in [0.1, 0.15) is 6.54 Å². The second-order valence-electron chi connectivity index (χ2n) is 4.67. The number of carbonyl (C=O) groups excluding carboxylic acids is 1. The first-order chi connectivity index (χ1) is 8.63. The molecule has 0 spiro atoms. The van der Waals surface area contributed by atoms with Gasteiger partial charge in [-0.25, -0.2) is 0 Å². The van der Waals surface area contributed by atoms with Crippen molar-refractivity contribution in [1.29, 1.82) is 0 Å². The van der Waals surface area contributed by atoms with Crippen LogP contribution in [0.4, 0.5) is 0 Å². The van der Waals surface area contributed by atoms with E-state index in [1.807, 2.05) is 0 Å². The Morgan fingerprint density at radius 2 is 2.28 bits per heavy atom. The van der Waals surface area contributed by atoms with Gasteiger partial charge in [0.25, 0.3) is 5.56 Å². The lowest BCUT2D eigenvalue weighted by Gasteiger charge is -2.21. The maximum Gasteiger partial charge on any atom is 0.253 e. The molecular weight excluding hydrogens is 232 g/mol. The molecular formula is C13H18N2O3. The van der Waals surface area contributed by atoms with E-state index in [-0.39, 0.29) is 30.7 Å². The molecule has 0 saturated heterocycles. The van der Waals surface area contributed by atoms with E-state index in [1.165, 1.54) is 4.57 Å². The van der Waals surface area contributed by atoms with Gasteiger partial charge in [-0.2, -0.15) is 0 Å². The van der Waals surface area contributed by atoms with Crippen LogP contribution >= 0.6 is 0 Å². The van der Waals surface area contributed by atoms with Crippen molar-refractivity contribution in [3.8, 4) is 0 Å². The second-order valence-corrected chi connectivity index (χ2v) is 4.67. The number of carbonyl (C=O) groups is 1. The molecule has 1 N–H and O–H groups in total. The molecule has 5 heteroatoms. The molecule has 1 amide bonds.